The summed E-state index contributed by atoms with van der Waals surface area (Å²) in [5, 5.41) is 7.92. The maximum atomic E-state index is 14.3. The monoisotopic (exact) mass is 668 g/mol. The first-order valence-corrected chi connectivity index (χ1v) is 15.9. The number of halogens is 3. The predicted octanol–water partition coefficient (Wildman–Crippen LogP) is 6.22. The molecule has 3 heterocycles. The predicted molar refractivity (Wildman–Crippen MR) is 169 cm³/mol. The number of fused-ring (bicyclic) bond motifs is 1. The van der Waals surface area contributed by atoms with E-state index >= 15 is 0 Å². The zero-order valence-corrected chi connectivity index (χ0v) is 27.6. The summed E-state index contributed by atoms with van der Waals surface area (Å²) in [5.74, 6) is -0.351. The molecule has 48 heavy (non-hydrogen) atoms. The van der Waals surface area contributed by atoms with Gasteiger partial charge in [-0.15, -0.1) is 10.2 Å². The van der Waals surface area contributed by atoms with E-state index in [1.54, 1.807) is 18.7 Å². The molecule has 1 spiro atoms. The Morgan fingerprint density at radius 1 is 1.08 bits per heavy atom. The van der Waals surface area contributed by atoms with Crippen LogP contribution in [0.5, 0.6) is 17.4 Å². The van der Waals surface area contributed by atoms with Gasteiger partial charge in [0, 0.05) is 36.7 Å². The third-order valence-corrected chi connectivity index (χ3v) is 8.73. The summed E-state index contributed by atoms with van der Waals surface area (Å²) in [4.78, 5) is 34.9. The smallest absolute Gasteiger partial charge is 0.410 e. The summed E-state index contributed by atoms with van der Waals surface area (Å²) in [6, 6.07) is 8.67. The molecule has 0 bridgehead atoms. The van der Waals surface area contributed by atoms with Crippen LogP contribution in [-0.2, 0) is 17.8 Å². The number of hydrogen-bond acceptors (Lipinski definition) is 9. The highest BCUT2D eigenvalue weighted by molar-refractivity contribution is 5.97. The molecular formula is C34H39F3N6O5. The maximum absolute atomic E-state index is 14.3. The van der Waals surface area contributed by atoms with E-state index in [0.717, 1.165) is 46.8 Å². The Balaban J connectivity index is 1.09. The van der Waals surface area contributed by atoms with Crippen LogP contribution in [-0.4, -0.2) is 80.8 Å². The fraction of sp³-hybridized carbons (Fsp3) is 0.500. The minimum Gasteiger partial charge on any atom is -0.490 e. The van der Waals surface area contributed by atoms with Crippen molar-refractivity contribution < 1.29 is 37.0 Å². The molecule has 0 atom stereocenters. The number of carbonyl (C=O) groups is 2. The van der Waals surface area contributed by atoms with Gasteiger partial charge in [0.05, 0.1) is 18.7 Å². The van der Waals surface area contributed by atoms with Crippen molar-refractivity contribution in [2.75, 3.05) is 24.5 Å². The van der Waals surface area contributed by atoms with Gasteiger partial charge in [0.1, 0.15) is 35.3 Å². The van der Waals surface area contributed by atoms with Gasteiger partial charge >= 0.3 is 6.09 Å². The topological polar surface area (TPSA) is 110 Å². The molecule has 2 aromatic carbocycles. The molecule has 1 aromatic heterocycles. The number of nitrogens with zero attached hydrogens (tertiary/aromatic N) is 6. The molecule has 1 saturated heterocycles. The molecule has 2 amide bonds. The first-order chi connectivity index (χ1) is 22.7. The Bertz CT molecular complexity index is 1690. The number of aromatic nitrogens is 3. The zero-order chi connectivity index (χ0) is 34.4. The molecule has 6 rings (SSSR count). The fourth-order valence-corrected chi connectivity index (χ4v) is 6.53. The highest BCUT2D eigenvalue weighted by Crippen LogP contribution is 2.52. The highest BCUT2D eigenvalue weighted by Gasteiger charge is 2.54. The van der Waals surface area contributed by atoms with Crippen LogP contribution in [0.1, 0.15) is 68.9 Å². The third kappa shape index (κ3) is 6.97. The van der Waals surface area contributed by atoms with Crippen LogP contribution in [0.3, 0.4) is 0 Å². The third-order valence-electron chi connectivity index (χ3n) is 8.73. The molecule has 2 fully saturated rings. The fourth-order valence-electron chi connectivity index (χ4n) is 6.53. The zero-order valence-electron chi connectivity index (χ0n) is 27.6. The molecule has 256 valence electrons. The van der Waals surface area contributed by atoms with Crippen LogP contribution in [0, 0.1) is 11.2 Å². The molecule has 14 heteroatoms. The summed E-state index contributed by atoms with van der Waals surface area (Å²) in [6.45, 7) is 10.2. The van der Waals surface area contributed by atoms with Crippen molar-refractivity contribution in [3.05, 3.63) is 65.2 Å². The minimum atomic E-state index is -2.76. The number of carbonyl (C=O) groups excluding carboxylic acids is 2. The van der Waals surface area contributed by atoms with E-state index in [0.29, 0.717) is 32.0 Å². The SMILES string of the molecule is CC(C)N(CC(F)F)C(=O)c1cc(F)ccc1Oc1nncnc1N1CC2(CC(Oc3cccc4c3CN(C(=O)OC(C)(C)C)C4)C2)C1. The van der Waals surface area contributed by atoms with Crippen molar-refractivity contribution in [1.82, 2.24) is 25.0 Å². The van der Waals surface area contributed by atoms with E-state index in [1.807, 2.05) is 43.9 Å². The van der Waals surface area contributed by atoms with Crippen LogP contribution >= 0.6 is 0 Å². The normalized spacial score (nSPS) is 16.9. The van der Waals surface area contributed by atoms with Gasteiger partial charge in [0.25, 0.3) is 18.2 Å². The number of rotatable bonds is 9. The summed E-state index contributed by atoms with van der Waals surface area (Å²) < 4.78 is 58.7. The lowest BCUT2D eigenvalue weighted by molar-refractivity contribution is -0.0349. The number of anilines is 1. The lowest BCUT2D eigenvalue weighted by Crippen LogP contribution is -2.65. The van der Waals surface area contributed by atoms with Crippen molar-refractivity contribution in [2.45, 2.75) is 84.7 Å². The van der Waals surface area contributed by atoms with Crippen LogP contribution in [0.2, 0.25) is 0 Å². The second-order valence-corrected chi connectivity index (χ2v) is 14.0. The van der Waals surface area contributed by atoms with Crippen LogP contribution < -0.4 is 14.4 Å². The van der Waals surface area contributed by atoms with Gasteiger partial charge in [0.15, 0.2) is 5.82 Å². The summed E-state index contributed by atoms with van der Waals surface area (Å²) >= 11 is 0. The lowest BCUT2D eigenvalue weighted by Gasteiger charge is -2.58. The van der Waals surface area contributed by atoms with E-state index in [9.17, 15) is 22.8 Å². The molecule has 11 nitrogen and oxygen atoms in total. The van der Waals surface area contributed by atoms with E-state index < -0.39 is 36.3 Å². The number of ether oxygens (including phenoxy) is 3. The Hall–Kier alpha value is -4.62. The molecule has 2 aliphatic heterocycles. The average molecular weight is 669 g/mol. The van der Waals surface area contributed by atoms with Gasteiger partial charge in [-0.1, -0.05) is 12.1 Å². The average Bonchev–Trinajstić information content (AvgIpc) is 3.42. The van der Waals surface area contributed by atoms with Gasteiger partial charge in [0.2, 0.25) is 0 Å². The van der Waals surface area contributed by atoms with Crippen LogP contribution in [0.25, 0.3) is 0 Å². The highest BCUT2D eigenvalue weighted by atomic mass is 19.3. The van der Waals surface area contributed by atoms with Crippen molar-refractivity contribution in [3.63, 3.8) is 0 Å². The number of amides is 2. The first kappa shape index (κ1) is 33.3. The summed E-state index contributed by atoms with van der Waals surface area (Å²) in [6.07, 6.45) is -0.166. The molecule has 3 aliphatic rings. The maximum Gasteiger partial charge on any atom is 0.410 e. The second kappa shape index (κ2) is 12.8. The molecule has 0 unspecified atom stereocenters. The summed E-state index contributed by atoms with van der Waals surface area (Å²) in [7, 11) is 0. The van der Waals surface area contributed by atoms with Crippen LogP contribution in [0.15, 0.2) is 42.7 Å². The lowest BCUT2D eigenvalue weighted by atomic mass is 9.61. The van der Waals surface area contributed by atoms with Crippen LogP contribution in [0.4, 0.5) is 23.8 Å². The standard InChI is InChI=1S/C34H39F3N6O5/c1-20(2)43(16-28(36)37)31(44)24-11-22(35)9-10-27(24)47-30-29(38-19-39-40-30)42-17-34(18-42)12-23(13-34)46-26-8-6-7-21-14-41(15-25(21)26)32(45)48-33(3,4)5/h6-11,19-20,23,28H,12-18H2,1-5H3. The number of benzene rings is 2. The molecule has 1 aliphatic carbocycles. The van der Waals surface area contributed by atoms with E-state index in [1.165, 1.54) is 12.4 Å². The Morgan fingerprint density at radius 2 is 1.83 bits per heavy atom. The van der Waals surface area contributed by atoms with E-state index in [4.69, 9.17) is 14.2 Å². The largest absolute Gasteiger partial charge is 0.490 e. The van der Waals surface area contributed by atoms with Crippen molar-refractivity contribution >= 4 is 17.8 Å². The van der Waals surface area contributed by atoms with Gasteiger partial charge in [-0.25, -0.2) is 22.9 Å². The van der Waals surface area contributed by atoms with Gasteiger partial charge in [-0.2, -0.15) is 0 Å². The second-order valence-electron chi connectivity index (χ2n) is 14.0. The van der Waals surface area contributed by atoms with Gasteiger partial charge in [-0.3, -0.25) is 9.69 Å². The molecular weight excluding hydrogens is 629 g/mol. The Morgan fingerprint density at radius 3 is 2.52 bits per heavy atom. The Labute approximate surface area is 277 Å². The molecule has 3 aromatic rings. The van der Waals surface area contributed by atoms with Gasteiger partial charge < -0.3 is 24.0 Å². The first-order valence-electron chi connectivity index (χ1n) is 15.9. The molecule has 0 radical (unpaired) electrons. The number of alkyl halides is 2. The van der Waals surface area contributed by atoms with Crippen molar-refractivity contribution in [2.24, 2.45) is 5.41 Å². The quantitative estimate of drug-likeness (QED) is 0.263. The molecule has 1 saturated carbocycles. The minimum absolute atomic E-state index is 0.0113. The van der Waals surface area contributed by atoms with Crippen molar-refractivity contribution in [3.8, 4) is 17.4 Å². The van der Waals surface area contributed by atoms with Crippen molar-refractivity contribution in [1.29, 1.82) is 0 Å². The summed E-state index contributed by atoms with van der Waals surface area (Å²) in [5.41, 5.74) is 1.27. The van der Waals surface area contributed by atoms with Gasteiger partial charge in [-0.05, 0) is 77.3 Å². The Kier molecular flexibility index (Phi) is 8.86. The molecule has 0 N–H and O–H groups in total. The number of hydrogen-bond donors (Lipinski definition) is 0. The van der Waals surface area contributed by atoms with E-state index in [2.05, 4.69) is 15.2 Å². The van der Waals surface area contributed by atoms with E-state index in [-0.39, 0.29) is 34.8 Å².